The SMILES string of the molecule is CCOC(=O)N1CCN(C(=O)[C@H]2[C@H]3C=C[C@]4(CN(c5ccccc5)C(=O)[C@@H]24)O3)CC1. The van der Waals surface area contributed by atoms with Gasteiger partial charge in [0.15, 0.2) is 0 Å². The third-order valence-corrected chi connectivity index (χ3v) is 6.57. The molecule has 2 bridgehead atoms. The minimum absolute atomic E-state index is 0.0587. The average Bonchev–Trinajstić information content (AvgIpc) is 3.42. The molecule has 158 valence electrons. The van der Waals surface area contributed by atoms with Gasteiger partial charge < -0.3 is 24.2 Å². The second-order valence-corrected chi connectivity index (χ2v) is 8.17. The highest BCUT2D eigenvalue weighted by Crippen LogP contribution is 2.53. The number of nitrogens with zero attached hydrogens (tertiary/aromatic N) is 3. The summed E-state index contributed by atoms with van der Waals surface area (Å²) in [6.07, 6.45) is 3.17. The highest BCUT2D eigenvalue weighted by molar-refractivity contribution is 6.03. The number of benzene rings is 1. The second kappa shape index (κ2) is 7.12. The molecule has 4 aliphatic rings. The third kappa shape index (κ3) is 2.81. The van der Waals surface area contributed by atoms with Crippen molar-refractivity contribution in [2.75, 3.05) is 44.2 Å². The minimum atomic E-state index is -0.731. The summed E-state index contributed by atoms with van der Waals surface area (Å²) in [5.41, 5.74) is 0.0889. The molecule has 0 aromatic heterocycles. The van der Waals surface area contributed by atoms with E-state index >= 15 is 0 Å². The Bertz CT molecular complexity index is 895. The molecule has 0 saturated carbocycles. The lowest BCUT2D eigenvalue weighted by molar-refractivity contribution is -0.141. The van der Waals surface area contributed by atoms with E-state index in [2.05, 4.69) is 0 Å². The highest BCUT2D eigenvalue weighted by atomic mass is 16.6. The van der Waals surface area contributed by atoms with Crippen LogP contribution in [0.25, 0.3) is 0 Å². The van der Waals surface area contributed by atoms with Crippen LogP contribution in [0.3, 0.4) is 0 Å². The number of ether oxygens (including phenoxy) is 2. The summed E-state index contributed by atoms with van der Waals surface area (Å²) in [5.74, 6) is -1.16. The van der Waals surface area contributed by atoms with Gasteiger partial charge in [-0.15, -0.1) is 0 Å². The van der Waals surface area contributed by atoms with E-state index in [0.29, 0.717) is 39.3 Å². The molecule has 5 rings (SSSR count). The van der Waals surface area contributed by atoms with Crippen LogP contribution in [0.5, 0.6) is 0 Å². The molecule has 4 aliphatic heterocycles. The molecule has 3 fully saturated rings. The fourth-order valence-electron chi connectivity index (χ4n) is 5.14. The summed E-state index contributed by atoms with van der Waals surface area (Å²) < 4.78 is 11.3. The third-order valence-electron chi connectivity index (χ3n) is 6.57. The monoisotopic (exact) mass is 411 g/mol. The molecule has 30 heavy (non-hydrogen) atoms. The van der Waals surface area contributed by atoms with Gasteiger partial charge in [-0.1, -0.05) is 30.4 Å². The van der Waals surface area contributed by atoms with Crippen LogP contribution in [0.2, 0.25) is 0 Å². The van der Waals surface area contributed by atoms with Gasteiger partial charge in [0.2, 0.25) is 11.8 Å². The molecule has 8 heteroatoms. The van der Waals surface area contributed by atoms with Crippen LogP contribution in [0.4, 0.5) is 10.5 Å². The first-order valence-electron chi connectivity index (χ1n) is 10.5. The zero-order chi connectivity index (χ0) is 20.9. The van der Waals surface area contributed by atoms with Gasteiger partial charge in [-0.3, -0.25) is 9.59 Å². The predicted molar refractivity (Wildman–Crippen MR) is 108 cm³/mol. The zero-order valence-electron chi connectivity index (χ0n) is 16.9. The first kappa shape index (κ1) is 19.1. The van der Waals surface area contributed by atoms with Crippen LogP contribution >= 0.6 is 0 Å². The quantitative estimate of drug-likeness (QED) is 0.700. The highest BCUT2D eigenvalue weighted by Gasteiger charge is 2.67. The Kier molecular flexibility index (Phi) is 4.54. The number of anilines is 1. The Morgan fingerprint density at radius 3 is 2.53 bits per heavy atom. The Balaban J connectivity index is 1.33. The number of rotatable bonds is 3. The van der Waals surface area contributed by atoms with Crippen molar-refractivity contribution in [3.8, 4) is 0 Å². The average molecular weight is 411 g/mol. The fraction of sp³-hybridized carbons (Fsp3) is 0.500. The predicted octanol–water partition coefficient (Wildman–Crippen LogP) is 1.27. The summed E-state index contributed by atoms with van der Waals surface area (Å²) >= 11 is 0. The van der Waals surface area contributed by atoms with Crippen LogP contribution < -0.4 is 4.90 Å². The lowest BCUT2D eigenvalue weighted by Gasteiger charge is -2.36. The van der Waals surface area contributed by atoms with Gasteiger partial charge in [0.1, 0.15) is 5.60 Å². The van der Waals surface area contributed by atoms with E-state index in [4.69, 9.17) is 9.47 Å². The summed E-state index contributed by atoms with van der Waals surface area (Å²) in [4.78, 5) is 43.8. The van der Waals surface area contributed by atoms with Crippen molar-refractivity contribution in [3.05, 3.63) is 42.5 Å². The molecule has 4 heterocycles. The summed E-state index contributed by atoms with van der Waals surface area (Å²) in [7, 11) is 0. The van der Waals surface area contributed by atoms with Gasteiger partial charge >= 0.3 is 6.09 Å². The van der Waals surface area contributed by atoms with Crippen LogP contribution in [0.15, 0.2) is 42.5 Å². The molecule has 0 N–H and O–H groups in total. The molecule has 1 spiro atoms. The molecular formula is C22H25N3O5. The molecule has 4 atom stereocenters. The lowest BCUT2D eigenvalue weighted by atomic mass is 9.76. The smallest absolute Gasteiger partial charge is 0.409 e. The van der Waals surface area contributed by atoms with E-state index in [0.717, 1.165) is 5.69 Å². The Hall–Kier alpha value is -2.87. The number of para-hydroxylation sites is 1. The number of hydrogen-bond acceptors (Lipinski definition) is 5. The van der Waals surface area contributed by atoms with Gasteiger partial charge in [-0.05, 0) is 19.1 Å². The van der Waals surface area contributed by atoms with Crippen LogP contribution in [-0.4, -0.2) is 78.7 Å². The van der Waals surface area contributed by atoms with Crippen LogP contribution in [0, 0.1) is 11.8 Å². The standard InChI is InChI=1S/C22H25N3O5/c1-2-29-21(28)24-12-10-23(11-13-24)19(26)17-16-8-9-22(30-16)14-25(20(27)18(17)22)15-6-4-3-5-7-15/h3-9,16-18H,2,10-14H2,1H3/t16-,17+,18-,22-/m1/s1. The number of fused-ring (bicyclic) bond motifs is 1. The minimum Gasteiger partial charge on any atom is -0.450 e. The molecule has 0 radical (unpaired) electrons. The van der Waals surface area contributed by atoms with Gasteiger partial charge in [-0.2, -0.15) is 0 Å². The molecule has 1 aromatic rings. The molecule has 0 aliphatic carbocycles. The Morgan fingerprint density at radius 1 is 1.13 bits per heavy atom. The largest absolute Gasteiger partial charge is 0.450 e. The first-order valence-corrected chi connectivity index (χ1v) is 10.5. The molecule has 8 nitrogen and oxygen atoms in total. The van der Waals surface area contributed by atoms with E-state index in [1.54, 1.807) is 21.6 Å². The van der Waals surface area contributed by atoms with Crippen molar-refractivity contribution in [1.29, 1.82) is 0 Å². The Labute approximate surface area is 175 Å². The van der Waals surface area contributed by atoms with Gasteiger partial charge in [0.05, 0.1) is 31.1 Å². The maximum absolute atomic E-state index is 13.4. The van der Waals surface area contributed by atoms with E-state index in [1.807, 2.05) is 42.5 Å². The Morgan fingerprint density at radius 2 is 1.83 bits per heavy atom. The number of amides is 3. The fourth-order valence-corrected chi connectivity index (χ4v) is 5.14. The van der Waals surface area contributed by atoms with Crippen molar-refractivity contribution in [3.63, 3.8) is 0 Å². The molecule has 3 amide bonds. The number of carbonyl (C=O) groups excluding carboxylic acids is 3. The van der Waals surface area contributed by atoms with E-state index in [9.17, 15) is 14.4 Å². The second-order valence-electron chi connectivity index (χ2n) is 8.17. The van der Waals surface area contributed by atoms with Crippen molar-refractivity contribution >= 4 is 23.6 Å². The van der Waals surface area contributed by atoms with E-state index < -0.39 is 17.4 Å². The van der Waals surface area contributed by atoms with Gasteiger partial charge in [-0.25, -0.2) is 4.79 Å². The van der Waals surface area contributed by atoms with E-state index in [1.165, 1.54) is 0 Å². The molecule has 3 saturated heterocycles. The summed E-state index contributed by atoms with van der Waals surface area (Å²) in [5, 5.41) is 0. The van der Waals surface area contributed by atoms with Crippen molar-refractivity contribution < 1.29 is 23.9 Å². The molecular weight excluding hydrogens is 386 g/mol. The molecule has 0 unspecified atom stereocenters. The van der Waals surface area contributed by atoms with Crippen molar-refractivity contribution in [1.82, 2.24) is 9.80 Å². The van der Waals surface area contributed by atoms with Gasteiger partial charge in [0.25, 0.3) is 0 Å². The van der Waals surface area contributed by atoms with Crippen LogP contribution in [-0.2, 0) is 19.1 Å². The van der Waals surface area contributed by atoms with Crippen molar-refractivity contribution in [2.45, 2.75) is 18.6 Å². The number of carbonyl (C=O) groups is 3. The van der Waals surface area contributed by atoms with Crippen LogP contribution in [0.1, 0.15) is 6.92 Å². The topological polar surface area (TPSA) is 79.4 Å². The van der Waals surface area contributed by atoms with E-state index in [-0.39, 0.29) is 24.0 Å². The summed E-state index contributed by atoms with van der Waals surface area (Å²) in [6, 6.07) is 9.50. The lowest BCUT2D eigenvalue weighted by Crippen LogP contribution is -2.54. The zero-order valence-corrected chi connectivity index (χ0v) is 16.9. The maximum atomic E-state index is 13.4. The van der Waals surface area contributed by atoms with Crippen molar-refractivity contribution in [2.24, 2.45) is 11.8 Å². The van der Waals surface area contributed by atoms with Gasteiger partial charge in [0, 0.05) is 31.9 Å². The number of hydrogen-bond donors (Lipinski definition) is 0. The normalized spacial score (nSPS) is 32.0. The molecule has 1 aromatic carbocycles. The first-order chi connectivity index (χ1) is 14.5. The maximum Gasteiger partial charge on any atom is 0.409 e. The number of piperazine rings is 1. The summed E-state index contributed by atoms with van der Waals surface area (Å²) in [6.45, 7) is 4.25.